The number of pyridine rings is 1. The van der Waals surface area contributed by atoms with Gasteiger partial charge in [-0.15, -0.1) is 0 Å². The van der Waals surface area contributed by atoms with Crippen molar-refractivity contribution in [1.29, 1.82) is 0 Å². The van der Waals surface area contributed by atoms with E-state index in [4.69, 9.17) is 4.74 Å². The summed E-state index contributed by atoms with van der Waals surface area (Å²) < 4.78 is 33.6. The number of rotatable bonds is 4. The Morgan fingerprint density at radius 2 is 1.93 bits per heavy atom. The van der Waals surface area contributed by atoms with Crippen molar-refractivity contribution < 1.29 is 13.5 Å². The van der Waals surface area contributed by atoms with Gasteiger partial charge in [-0.1, -0.05) is 19.3 Å². The lowest BCUT2D eigenvalue weighted by Crippen LogP contribution is -2.24. The molecule has 0 amide bonds. The molecule has 0 aliphatic heterocycles. The lowest BCUT2D eigenvalue weighted by atomic mass is 9.96. The van der Waals surface area contributed by atoms with Crippen molar-refractivity contribution in [2.24, 2.45) is 7.05 Å². The molecule has 0 unspecified atom stereocenters. The number of fused-ring (bicyclic) bond motifs is 1. The maximum atomic E-state index is 13.9. The van der Waals surface area contributed by atoms with Crippen LogP contribution in [-0.2, 0) is 7.05 Å². The summed E-state index contributed by atoms with van der Waals surface area (Å²) in [6.45, 7) is 0. The van der Waals surface area contributed by atoms with E-state index in [1.807, 2.05) is 0 Å². The van der Waals surface area contributed by atoms with E-state index in [0.717, 1.165) is 25.0 Å². The summed E-state index contributed by atoms with van der Waals surface area (Å²) in [4.78, 5) is 21.4. The number of nitrogens with one attached hydrogen (secondary N) is 1. The summed E-state index contributed by atoms with van der Waals surface area (Å²) >= 11 is 0. The quantitative estimate of drug-likeness (QED) is 0.730. The van der Waals surface area contributed by atoms with Gasteiger partial charge in [0.1, 0.15) is 11.5 Å². The standard InChI is InChI=1S/C20H20F2N4O2/c1-26-18-12(11-23-20(25-18)24-14-5-3-2-4-6-14)9-17(19(26)27)28-16-8-7-13(21)10-15(16)22/h7-11,14H,2-6H2,1H3,(H,23,24,25). The Kier molecular flexibility index (Phi) is 4.93. The van der Waals surface area contributed by atoms with Gasteiger partial charge in [0.15, 0.2) is 17.3 Å². The average Bonchev–Trinajstić information content (AvgIpc) is 2.69. The van der Waals surface area contributed by atoms with Gasteiger partial charge < -0.3 is 10.1 Å². The van der Waals surface area contributed by atoms with Gasteiger partial charge in [0.05, 0.1) is 0 Å². The minimum atomic E-state index is -0.884. The molecular formula is C20H20F2N4O2. The van der Waals surface area contributed by atoms with Crippen LogP contribution in [0.4, 0.5) is 14.7 Å². The van der Waals surface area contributed by atoms with E-state index in [2.05, 4.69) is 15.3 Å². The van der Waals surface area contributed by atoms with Crippen molar-refractivity contribution in [3.05, 3.63) is 52.5 Å². The third kappa shape index (κ3) is 3.67. The van der Waals surface area contributed by atoms with E-state index in [9.17, 15) is 13.6 Å². The molecule has 1 N–H and O–H groups in total. The van der Waals surface area contributed by atoms with Crippen LogP contribution in [0.1, 0.15) is 32.1 Å². The Morgan fingerprint density at radius 1 is 1.14 bits per heavy atom. The predicted molar refractivity (Wildman–Crippen MR) is 102 cm³/mol. The highest BCUT2D eigenvalue weighted by Gasteiger charge is 2.16. The second-order valence-electron chi connectivity index (χ2n) is 7.00. The van der Waals surface area contributed by atoms with Gasteiger partial charge in [-0.05, 0) is 31.0 Å². The predicted octanol–water partition coefficient (Wildman–Crippen LogP) is 4.14. The first-order chi connectivity index (χ1) is 13.5. The van der Waals surface area contributed by atoms with Crippen molar-refractivity contribution in [1.82, 2.24) is 14.5 Å². The lowest BCUT2D eigenvalue weighted by molar-refractivity contribution is 0.430. The molecule has 1 saturated carbocycles. The third-order valence-electron chi connectivity index (χ3n) is 4.97. The Balaban J connectivity index is 1.66. The second-order valence-corrected chi connectivity index (χ2v) is 7.00. The molecule has 0 bridgehead atoms. The van der Waals surface area contributed by atoms with Crippen LogP contribution in [0.15, 0.2) is 35.3 Å². The molecule has 1 aliphatic carbocycles. The molecule has 0 spiro atoms. The van der Waals surface area contributed by atoms with E-state index in [0.29, 0.717) is 29.1 Å². The van der Waals surface area contributed by atoms with Gasteiger partial charge in [0.2, 0.25) is 5.95 Å². The van der Waals surface area contributed by atoms with Crippen LogP contribution in [0.2, 0.25) is 0 Å². The first-order valence-corrected chi connectivity index (χ1v) is 9.27. The Hall–Kier alpha value is -3.03. The minimum Gasteiger partial charge on any atom is -0.448 e. The van der Waals surface area contributed by atoms with Crippen LogP contribution in [0, 0.1) is 11.6 Å². The average molecular weight is 386 g/mol. The monoisotopic (exact) mass is 386 g/mol. The molecule has 6 nitrogen and oxygen atoms in total. The molecule has 1 aromatic carbocycles. The second kappa shape index (κ2) is 7.53. The number of nitrogens with zero attached hydrogens (tertiary/aromatic N) is 3. The molecule has 28 heavy (non-hydrogen) atoms. The summed E-state index contributed by atoms with van der Waals surface area (Å²) in [5.74, 6) is -1.44. The highest BCUT2D eigenvalue weighted by molar-refractivity contribution is 5.76. The topological polar surface area (TPSA) is 69.0 Å². The normalized spacial score (nSPS) is 15.0. The number of ether oxygens (including phenoxy) is 1. The van der Waals surface area contributed by atoms with E-state index in [1.165, 1.54) is 29.9 Å². The fourth-order valence-corrected chi connectivity index (χ4v) is 3.47. The Labute approximate surface area is 160 Å². The van der Waals surface area contributed by atoms with E-state index >= 15 is 0 Å². The molecule has 0 atom stereocenters. The lowest BCUT2D eigenvalue weighted by Gasteiger charge is -2.22. The first-order valence-electron chi connectivity index (χ1n) is 9.27. The maximum absolute atomic E-state index is 13.9. The summed E-state index contributed by atoms with van der Waals surface area (Å²) in [7, 11) is 1.57. The smallest absolute Gasteiger partial charge is 0.294 e. The molecule has 2 aromatic heterocycles. The van der Waals surface area contributed by atoms with E-state index < -0.39 is 17.2 Å². The van der Waals surface area contributed by atoms with Crippen molar-refractivity contribution in [2.75, 3.05) is 5.32 Å². The zero-order chi connectivity index (χ0) is 19.7. The number of hydrogen-bond donors (Lipinski definition) is 1. The fourth-order valence-electron chi connectivity index (χ4n) is 3.47. The largest absolute Gasteiger partial charge is 0.448 e. The molecule has 4 rings (SSSR count). The number of halogens is 2. The van der Waals surface area contributed by atoms with Crippen LogP contribution < -0.4 is 15.6 Å². The first kappa shape index (κ1) is 18.3. The molecule has 1 aliphatic rings. The van der Waals surface area contributed by atoms with E-state index in [1.54, 1.807) is 13.2 Å². The Morgan fingerprint density at radius 3 is 2.68 bits per heavy atom. The Bertz CT molecular complexity index is 1080. The summed E-state index contributed by atoms with van der Waals surface area (Å²) in [6.07, 6.45) is 7.38. The SMILES string of the molecule is Cn1c(=O)c(Oc2ccc(F)cc2F)cc2cnc(NC3CCCCC3)nc21. The molecule has 0 radical (unpaired) electrons. The molecule has 146 valence electrons. The van der Waals surface area contributed by atoms with Gasteiger partial charge in [-0.3, -0.25) is 9.36 Å². The van der Waals surface area contributed by atoms with Crippen LogP contribution in [0.3, 0.4) is 0 Å². The highest BCUT2D eigenvalue weighted by Crippen LogP contribution is 2.25. The molecule has 0 saturated heterocycles. The summed E-state index contributed by atoms with van der Waals surface area (Å²) in [5.41, 5.74) is -0.0243. The van der Waals surface area contributed by atoms with Crippen LogP contribution in [0.25, 0.3) is 11.0 Å². The van der Waals surface area contributed by atoms with Crippen molar-refractivity contribution in [3.63, 3.8) is 0 Å². The molecule has 3 aromatic rings. The zero-order valence-electron chi connectivity index (χ0n) is 15.4. The molecule has 2 heterocycles. The van der Waals surface area contributed by atoms with Gasteiger partial charge in [0, 0.05) is 30.7 Å². The number of benzene rings is 1. The zero-order valence-corrected chi connectivity index (χ0v) is 15.4. The number of hydrogen-bond acceptors (Lipinski definition) is 5. The third-order valence-corrected chi connectivity index (χ3v) is 4.97. The van der Waals surface area contributed by atoms with E-state index in [-0.39, 0.29) is 11.5 Å². The van der Waals surface area contributed by atoms with Crippen LogP contribution in [-0.4, -0.2) is 20.6 Å². The van der Waals surface area contributed by atoms with Gasteiger partial charge >= 0.3 is 0 Å². The summed E-state index contributed by atoms with van der Waals surface area (Å²) in [5, 5.41) is 3.91. The van der Waals surface area contributed by atoms with Gasteiger partial charge in [-0.25, -0.2) is 13.8 Å². The summed E-state index contributed by atoms with van der Waals surface area (Å²) in [6, 6.07) is 4.71. The van der Waals surface area contributed by atoms with Crippen LogP contribution >= 0.6 is 0 Å². The fraction of sp³-hybridized carbons (Fsp3) is 0.350. The van der Waals surface area contributed by atoms with Gasteiger partial charge in [-0.2, -0.15) is 4.98 Å². The van der Waals surface area contributed by atoms with Crippen LogP contribution in [0.5, 0.6) is 11.5 Å². The minimum absolute atomic E-state index is 0.0860. The van der Waals surface area contributed by atoms with Crippen molar-refractivity contribution >= 4 is 17.0 Å². The number of aromatic nitrogens is 3. The number of anilines is 1. The van der Waals surface area contributed by atoms with Crippen molar-refractivity contribution in [3.8, 4) is 11.5 Å². The van der Waals surface area contributed by atoms with Crippen molar-refractivity contribution in [2.45, 2.75) is 38.1 Å². The molecular weight excluding hydrogens is 366 g/mol. The highest BCUT2D eigenvalue weighted by atomic mass is 19.1. The molecule has 1 fully saturated rings. The number of aryl methyl sites for hydroxylation is 1. The molecule has 8 heteroatoms. The van der Waals surface area contributed by atoms with Gasteiger partial charge in [0.25, 0.3) is 5.56 Å². The maximum Gasteiger partial charge on any atom is 0.294 e.